The number of hydrogen-bond donors (Lipinski definition) is 0. The summed E-state index contributed by atoms with van der Waals surface area (Å²) < 4.78 is 4.45. The van der Waals surface area contributed by atoms with Gasteiger partial charge in [0.05, 0.1) is 62.7 Å². The molecule has 7 aromatic carbocycles. The monoisotopic (exact) mass is 635 g/mol. The highest BCUT2D eigenvalue weighted by molar-refractivity contribution is 6.11. The van der Waals surface area contributed by atoms with Crippen molar-refractivity contribution in [2.75, 3.05) is 0 Å². The molecule has 2 heterocycles. The van der Waals surface area contributed by atoms with Gasteiger partial charge in [0.1, 0.15) is 0 Å². The summed E-state index contributed by atoms with van der Waals surface area (Å²) in [5.74, 6) is 0. The van der Waals surface area contributed by atoms with Gasteiger partial charge in [-0.3, -0.25) is 0 Å². The summed E-state index contributed by atoms with van der Waals surface area (Å²) in [6.07, 6.45) is 0. The minimum atomic E-state index is 0.573. The summed E-state index contributed by atoms with van der Waals surface area (Å²) in [6.45, 7) is 0. The van der Waals surface area contributed by atoms with Crippen LogP contribution >= 0.6 is 0 Å². The van der Waals surface area contributed by atoms with Crippen LogP contribution in [0.3, 0.4) is 0 Å². The molecule has 0 saturated carbocycles. The number of fused-ring (bicyclic) bond motifs is 6. The second-order valence-electron chi connectivity index (χ2n) is 12.4. The SMILES string of the molecule is N#Cc1cc(-c2ccc(-n3c4ccccc4c4ccc(C#N)cc43)cc2)cc(-c2ccccc2-n2c3ccccc3c3cc(C#N)ccc32)c1. The summed E-state index contributed by atoms with van der Waals surface area (Å²) in [5, 5.41) is 33.8. The number of aromatic nitrogens is 2. The quantitative estimate of drug-likeness (QED) is 0.193. The third-order valence-electron chi connectivity index (χ3n) is 9.58. The Kier molecular flexibility index (Phi) is 6.56. The van der Waals surface area contributed by atoms with Crippen LogP contribution in [0.1, 0.15) is 16.7 Å². The third kappa shape index (κ3) is 4.45. The van der Waals surface area contributed by atoms with Crippen molar-refractivity contribution >= 4 is 43.6 Å². The lowest BCUT2D eigenvalue weighted by Crippen LogP contribution is -1.98. The summed E-state index contributed by atoms with van der Waals surface area (Å²) in [6, 6.07) is 57.9. The topological polar surface area (TPSA) is 81.2 Å². The fourth-order valence-electron chi connectivity index (χ4n) is 7.35. The normalized spacial score (nSPS) is 11.1. The lowest BCUT2D eigenvalue weighted by Gasteiger charge is -2.15. The number of benzene rings is 7. The van der Waals surface area contributed by atoms with Crippen LogP contribution in [0.4, 0.5) is 0 Å². The Hall–Kier alpha value is -7.39. The first kappa shape index (κ1) is 28.8. The molecule has 0 atom stereocenters. The molecule has 0 N–H and O–H groups in total. The minimum absolute atomic E-state index is 0.573. The Morgan fingerprint density at radius 1 is 0.360 bits per heavy atom. The molecule has 0 aliphatic carbocycles. The molecule has 0 amide bonds. The molecule has 0 radical (unpaired) electrons. The summed E-state index contributed by atoms with van der Waals surface area (Å²) in [7, 11) is 0. The molecule has 9 aromatic rings. The van der Waals surface area contributed by atoms with E-state index in [-0.39, 0.29) is 0 Å². The molecular weight excluding hydrogens is 611 g/mol. The molecule has 230 valence electrons. The lowest BCUT2D eigenvalue weighted by atomic mass is 9.95. The van der Waals surface area contributed by atoms with E-state index in [9.17, 15) is 15.8 Å². The summed E-state index contributed by atoms with van der Waals surface area (Å²) >= 11 is 0. The van der Waals surface area contributed by atoms with Gasteiger partial charge in [-0.15, -0.1) is 0 Å². The van der Waals surface area contributed by atoms with Crippen LogP contribution in [-0.2, 0) is 0 Å². The zero-order valence-corrected chi connectivity index (χ0v) is 26.7. The van der Waals surface area contributed by atoms with Crippen LogP contribution in [0.25, 0.3) is 77.2 Å². The maximum Gasteiger partial charge on any atom is 0.0992 e. The smallest absolute Gasteiger partial charge is 0.0992 e. The third-order valence-corrected chi connectivity index (χ3v) is 9.58. The van der Waals surface area contributed by atoms with Crippen molar-refractivity contribution in [3.63, 3.8) is 0 Å². The van der Waals surface area contributed by atoms with E-state index in [2.05, 4.69) is 94.1 Å². The fraction of sp³-hybridized carbons (Fsp3) is 0. The molecule has 50 heavy (non-hydrogen) atoms. The van der Waals surface area contributed by atoms with E-state index in [0.29, 0.717) is 16.7 Å². The lowest BCUT2D eigenvalue weighted by molar-refractivity contribution is 1.18. The first-order valence-electron chi connectivity index (χ1n) is 16.3. The molecule has 0 bridgehead atoms. The molecular formula is C45H25N5. The van der Waals surface area contributed by atoms with Gasteiger partial charge in [0.2, 0.25) is 0 Å². The summed E-state index contributed by atoms with van der Waals surface area (Å²) in [5.41, 5.74) is 11.8. The summed E-state index contributed by atoms with van der Waals surface area (Å²) in [4.78, 5) is 0. The van der Waals surface area contributed by atoms with Gasteiger partial charge >= 0.3 is 0 Å². The number of hydrogen-bond acceptors (Lipinski definition) is 3. The van der Waals surface area contributed by atoms with Gasteiger partial charge in [-0.1, -0.05) is 72.8 Å². The average molecular weight is 636 g/mol. The van der Waals surface area contributed by atoms with Crippen LogP contribution in [0.15, 0.2) is 152 Å². The van der Waals surface area contributed by atoms with Crippen LogP contribution < -0.4 is 0 Å². The Bertz CT molecular complexity index is 2960. The molecule has 0 fully saturated rings. The highest BCUT2D eigenvalue weighted by atomic mass is 15.0. The molecule has 5 nitrogen and oxygen atoms in total. The van der Waals surface area contributed by atoms with Crippen molar-refractivity contribution in [3.05, 3.63) is 168 Å². The second-order valence-corrected chi connectivity index (χ2v) is 12.4. The van der Waals surface area contributed by atoms with E-state index in [1.165, 1.54) is 0 Å². The maximum atomic E-state index is 10.2. The van der Waals surface area contributed by atoms with Gasteiger partial charge < -0.3 is 9.13 Å². The predicted molar refractivity (Wildman–Crippen MR) is 200 cm³/mol. The van der Waals surface area contributed by atoms with Gasteiger partial charge in [-0.25, -0.2) is 0 Å². The van der Waals surface area contributed by atoms with E-state index in [1.54, 1.807) is 0 Å². The molecule has 0 spiro atoms. The van der Waals surface area contributed by atoms with E-state index >= 15 is 0 Å². The predicted octanol–water partition coefficient (Wildman–Crippen LogP) is 10.8. The van der Waals surface area contributed by atoms with Crippen molar-refractivity contribution in [2.24, 2.45) is 0 Å². The molecule has 5 heteroatoms. The van der Waals surface area contributed by atoms with E-state index in [0.717, 1.165) is 77.2 Å². The van der Waals surface area contributed by atoms with Crippen molar-refractivity contribution in [2.45, 2.75) is 0 Å². The van der Waals surface area contributed by atoms with Crippen molar-refractivity contribution in [1.82, 2.24) is 9.13 Å². The molecule has 2 aromatic heterocycles. The van der Waals surface area contributed by atoms with Crippen LogP contribution in [0.5, 0.6) is 0 Å². The van der Waals surface area contributed by atoms with Crippen molar-refractivity contribution < 1.29 is 0 Å². The standard InChI is InChI=1S/C45H25N5/c46-26-29-14-20-44-40(23-29)38-9-3-6-12-43(38)50(44)41-10-4-1-7-36(41)34-22-31(28-48)21-33(25-34)32-15-17-35(18-16-32)49-42-11-5-2-8-37(42)39-19-13-30(27-47)24-45(39)49/h1-25H. The van der Waals surface area contributed by atoms with Gasteiger partial charge in [-0.2, -0.15) is 15.8 Å². The first-order chi connectivity index (χ1) is 24.6. The molecule has 0 unspecified atom stereocenters. The van der Waals surface area contributed by atoms with Crippen LogP contribution in [-0.4, -0.2) is 9.13 Å². The van der Waals surface area contributed by atoms with E-state index in [1.807, 2.05) is 84.9 Å². The van der Waals surface area contributed by atoms with Crippen molar-refractivity contribution in [3.8, 4) is 51.8 Å². The maximum absolute atomic E-state index is 10.2. The highest BCUT2D eigenvalue weighted by Crippen LogP contribution is 2.38. The Morgan fingerprint density at radius 3 is 1.70 bits per heavy atom. The van der Waals surface area contributed by atoms with Crippen LogP contribution in [0, 0.1) is 34.0 Å². The second kappa shape index (κ2) is 11.4. The Labute approximate surface area is 287 Å². The Balaban J connectivity index is 1.19. The minimum Gasteiger partial charge on any atom is -0.309 e. The van der Waals surface area contributed by atoms with E-state index < -0.39 is 0 Å². The first-order valence-corrected chi connectivity index (χ1v) is 16.3. The largest absolute Gasteiger partial charge is 0.309 e. The van der Waals surface area contributed by atoms with Gasteiger partial charge in [0.25, 0.3) is 0 Å². The van der Waals surface area contributed by atoms with Gasteiger partial charge in [0, 0.05) is 32.8 Å². The molecule has 0 aliphatic rings. The fourth-order valence-corrected chi connectivity index (χ4v) is 7.35. The highest BCUT2D eigenvalue weighted by Gasteiger charge is 2.17. The van der Waals surface area contributed by atoms with Crippen molar-refractivity contribution in [1.29, 1.82) is 15.8 Å². The van der Waals surface area contributed by atoms with Gasteiger partial charge in [-0.05, 0) is 95.6 Å². The zero-order valence-electron chi connectivity index (χ0n) is 26.7. The van der Waals surface area contributed by atoms with E-state index in [4.69, 9.17) is 0 Å². The number of nitrogens with zero attached hydrogens (tertiary/aromatic N) is 5. The van der Waals surface area contributed by atoms with Crippen LogP contribution in [0.2, 0.25) is 0 Å². The average Bonchev–Trinajstić information content (AvgIpc) is 3.69. The molecule has 0 saturated heterocycles. The molecule has 9 rings (SSSR count). The molecule has 0 aliphatic heterocycles. The zero-order chi connectivity index (χ0) is 33.8. The number of rotatable bonds is 4. The van der Waals surface area contributed by atoms with Gasteiger partial charge in [0.15, 0.2) is 0 Å². The number of nitriles is 3. The number of para-hydroxylation sites is 3. The Morgan fingerprint density at radius 2 is 0.940 bits per heavy atom.